The molecule has 78 valence electrons. The maximum absolute atomic E-state index is 5.30. The van der Waals surface area contributed by atoms with Gasteiger partial charge >= 0.3 is 0 Å². The van der Waals surface area contributed by atoms with Crippen LogP contribution in [0.4, 0.5) is 10.8 Å². The number of rotatable bonds is 3. The van der Waals surface area contributed by atoms with Gasteiger partial charge in [-0.1, -0.05) is 12.1 Å². The number of hydrogen-bond acceptors (Lipinski definition) is 4. The molecule has 2 aromatic rings. The Bertz CT molecular complexity index is 428. The Morgan fingerprint density at radius 3 is 2.80 bits per heavy atom. The second-order valence-corrected chi connectivity index (χ2v) is 3.92. The van der Waals surface area contributed by atoms with Gasteiger partial charge in [-0.25, -0.2) is 4.98 Å². The molecule has 15 heavy (non-hydrogen) atoms. The Hall–Kier alpha value is -1.55. The van der Waals surface area contributed by atoms with Crippen LogP contribution in [0.2, 0.25) is 0 Å². The third-order valence-electron chi connectivity index (χ3n) is 2.15. The highest BCUT2D eigenvalue weighted by molar-refractivity contribution is 7.13. The molecule has 0 radical (unpaired) electrons. The van der Waals surface area contributed by atoms with Gasteiger partial charge in [0.1, 0.15) is 5.75 Å². The standard InChI is InChI=1S/C11H12N2OS/c1-13(11-12-7-8-15-11)9-5-3-4-6-10(9)14-2/h3-8H,1-2H3. The van der Waals surface area contributed by atoms with Crippen LogP contribution in [-0.2, 0) is 0 Å². The van der Waals surface area contributed by atoms with E-state index in [1.807, 2.05) is 41.6 Å². The van der Waals surface area contributed by atoms with Gasteiger partial charge < -0.3 is 9.64 Å². The molecule has 0 spiro atoms. The number of nitrogens with zero attached hydrogens (tertiary/aromatic N) is 2. The Morgan fingerprint density at radius 2 is 2.13 bits per heavy atom. The topological polar surface area (TPSA) is 25.4 Å². The van der Waals surface area contributed by atoms with E-state index in [0.29, 0.717) is 0 Å². The highest BCUT2D eigenvalue weighted by atomic mass is 32.1. The van der Waals surface area contributed by atoms with Gasteiger partial charge in [-0.05, 0) is 12.1 Å². The van der Waals surface area contributed by atoms with Gasteiger partial charge in [0.05, 0.1) is 12.8 Å². The molecule has 1 heterocycles. The minimum Gasteiger partial charge on any atom is -0.495 e. The lowest BCUT2D eigenvalue weighted by atomic mass is 10.3. The number of ether oxygens (including phenoxy) is 1. The summed E-state index contributed by atoms with van der Waals surface area (Å²) in [5, 5.41) is 2.92. The van der Waals surface area contributed by atoms with E-state index in [9.17, 15) is 0 Å². The molecule has 0 saturated heterocycles. The van der Waals surface area contributed by atoms with Gasteiger partial charge in [-0.15, -0.1) is 11.3 Å². The summed E-state index contributed by atoms with van der Waals surface area (Å²) in [6.07, 6.45) is 1.80. The van der Waals surface area contributed by atoms with Gasteiger partial charge in [-0.3, -0.25) is 0 Å². The molecule has 0 unspecified atom stereocenters. The van der Waals surface area contributed by atoms with E-state index in [0.717, 1.165) is 16.6 Å². The molecule has 2 rings (SSSR count). The van der Waals surface area contributed by atoms with Crippen molar-refractivity contribution in [3.8, 4) is 5.75 Å². The van der Waals surface area contributed by atoms with Crippen molar-refractivity contribution in [1.82, 2.24) is 4.98 Å². The van der Waals surface area contributed by atoms with Crippen LogP contribution in [0.3, 0.4) is 0 Å². The molecule has 0 aliphatic carbocycles. The molecule has 0 bridgehead atoms. The molecule has 0 amide bonds. The first kappa shape index (κ1) is 9.98. The summed E-state index contributed by atoms with van der Waals surface area (Å²) in [5.74, 6) is 0.857. The lowest BCUT2D eigenvalue weighted by Crippen LogP contribution is -2.10. The van der Waals surface area contributed by atoms with E-state index in [-0.39, 0.29) is 0 Å². The molecule has 3 nitrogen and oxygen atoms in total. The first-order valence-corrected chi connectivity index (χ1v) is 5.47. The van der Waals surface area contributed by atoms with Crippen molar-refractivity contribution < 1.29 is 4.74 Å². The van der Waals surface area contributed by atoms with Crippen LogP contribution in [0.15, 0.2) is 35.8 Å². The fourth-order valence-corrected chi connectivity index (χ4v) is 2.01. The second kappa shape index (κ2) is 4.31. The van der Waals surface area contributed by atoms with E-state index in [1.54, 1.807) is 24.6 Å². The van der Waals surface area contributed by atoms with Crippen LogP contribution in [0, 0.1) is 0 Å². The van der Waals surface area contributed by atoms with Crippen molar-refractivity contribution in [1.29, 1.82) is 0 Å². The van der Waals surface area contributed by atoms with Crippen LogP contribution in [0.1, 0.15) is 0 Å². The minimum absolute atomic E-state index is 0.857. The van der Waals surface area contributed by atoms with Crippen molar-refractivity contribution in [2.24, 2.45) is 0 Å². The summed E-state index contributed by atoms with van der Waals surface area (Å²) >= 11 is 1.60. The molecular weight excluding hydrogens is 208 g/mol. The summed E-state index contributed by atoms with van der Waals surface area (Å²) in [4.78, 5) is 6.27. The van der Waals surface area contributed by atoms with Crippen LogP contribution in [-0.4, -0.2) is 19.1 Å². The zero-order valence-corrected chi connectivity index (χ0v) is 9.49. The van der Waals surface area contributed by atoms with Crippen LogP contribution < -0.4 is 9.64 Å². The first-order chi connectivity index (χ1) is 7.33. The van der Waals surface area contributed by atoms with Gasteiger partial charge in [-0.2, -0.15) is 0 Å². The average molecular weight is 220 g/mol. The molecule has 0 N–H and O–H groups in total. The van der Waals surface area contributed by atoms with Crippen molar-refractivity contribution in [3.63, 3.8) is 0 Å². The maximum Gasteiger partial charge on any atom is 0.189 e. The second-order valence-electron chi connectivity index (χ2n) is 3.05. The van der Waals surface area contributed by atoms with Gasteiger partial charge in [0.2, 0.25) is 0 Å². The van der Waals surface area contributed by atoms with Gasteiger partial charge in [0.25, 0.3) is 0 Å². The quantitative estimate of drug-likeness (QED) is 0.795. The molecule has 1 aromatic carbocycles. The zero-order chi connectivity index (χ0) is 10.7. The first-order valence-electron chi connectivity index (χ1n) is 4.59. The molecule has 1 aromatic heterocycles. The summed E-state index contributed by atoms with van der Waals surface area (Å²) in [6, 6.07) is 7.90. The molecule has 0 saturated carbocycles. The number of benzene rings is 1. The predicted octanol–water partition coefficient (Wildman–Crippen LogP) is 2.92. The SMILES string of the molecule is COc1ccccc1N(C)c1nccs1. The van der Waals surface area contributed by atoms with E-state index in [1.165, 1.54) is 0 Å². The Morgan fingerprint density at radius 1 is 1.33 bits per heavy atom. The summed E-state index contributed by atoms with van der Waals surface area (Å²) in [7, 11) is 3.66. The van der Waals surface area contributed by atoms with E-state index < -0.39 is 0 Å². The molecule has 0 aliphatic rings. The van der Waals surface area contributed by atoms with Crippen molar-refractivity contribution in [2.75, 3.05) is 19.1 Å². The van der Waals surface area contributed by atoms with Gasteiger partial charge in [0.15, 0.2) is 5.13 Å². The number of aromatic nitrogens is 1. The third kappa shape index (κ3) is 1.94. The van der Waals surface area contributed by atoms with E-state index in [4.69, 9.17) is 4.74 Å². The van der Waals surface area contributed by atoms with Crippen molar-refractivity contribution in [2.45, 2.75) is 0 Å². The monoisotopic (exact) mass is 220 g/mol. The Labute approximate surface area is 93.0 Å². The number of thiazole rings is 1. The summed E-state index contributed by atoms with van der Waals surface area (Å²) in [6.45, 7) is 0. The highest BCUT2D eigenvalue weighted by Crippen LogP contribution is 2.32. The largest absolute Gasteiger partial charge is 0.495 e. The highest BCUT2D eigenvalue weighted by Gasteiger charge is 2.10. The molecule has 4 heteroatoms. The fraction of sp³-hybridized carbons (Fsp3) is 0.182. The van der Waals surface area contributed by atoms with E-state index in [2.05, 4.69) is 4.98 Å². The maximum atomic E-state index is 5.30. The van der Waals surface area contributed by atoms with Gasteiger partial charge in [0, 0.05) is 18.6 Å². The number of hydrogen-bond donors (Lipinski definition) is 0. The summed E-state index contributed by atoms with van der Waals surface area (Å²) < 4.78 is 5.30. The van der Waals surface area contributed by atoms with Crippen molar-refractivity contribution in [3.05, 3.63) is 35.8 Å². The number of para-hydroxylation sites is 2. The minimum atomic E-state index is 0.857. The molecule has 0 fully saturated rings. The lowest BCUT2D eigenvalue weighted by Gasteiger charge is -2.18. The fourth-order valence-electron chi connectivity index (χ4n) is 1.39. The lowest BCUT2D eigenvalue weighted by molar-refractivity contribution is 0.415. The Balaban J connectivity index is 2.37. The third-order valence-corrected chi connectivity index (χ3v) is 3.00. The smallest absolute Gasteiger partial charge is 0.189 e. The number of methoxy groups -OCH3 is 1. The Kier molecular flexibility index (Phi) is 2.87. The molecular formula is C11H12N2OS. The van der Waals surface area contributed by atoms with Crippen LogP contribution in [0.25, 0.3) is 0 Å². The van der Waals surface area contributed by atoms with Crippen molar-refractivity contribution >= 4 is 22.2 Å². The average Bonchev–Trinajstić information content (AvgIpc) is 2.81. The molecule has 0 aliphatic heterocycles. The number of anilines is 2. The normalized spacial score (nSPS) is 10.0. The zero-order valence-electron chi connectivity index (χ0n) is 8.68. The summed E-state index contributed by atoms with van der Waals surface area (Å²) in [5.41, 5.74) is 1.02. The van der Waals surface area contributed by atoms with Crippen LogP contribution in [0.5, 0.6) is 5.75 Å². The predicted molar refractivity (Wildman–Crippen MR) is 63.2 cm³/mol. The van der Waals surface area contributed by atoms with E-state index >= 15 is 0 Å². The molecule has 0 atom stereocenters. The van der Waals surface area contributed by atoms with Crippen LogP contribution >= 0.6 is 11.3 Å².